The first-order chi connectivity index (χ1) is 9.19. The predicted octanol–water partition coefficient (Wildman–Crippen LogP) is 1.09. The van der Waals surface area contributed by atoms with Gasteiger partial charge in [-0.3, -0.25) is 0 Å². The number of aromatic amines is 2. The quantitative estimate of drug-likeness (QED) is 0.558. The van der Waals surface area contributed by atoms with Gasteiger partial charge in [0, 0.05) is 7.05 Å². The van der Waals surface area contributed by atoms with Crippen molar-refractivity contribution in [3.8, 4) is 11.5 Å². The normalized spacial score (nSPS) is 10.8. The summed E-state index contributed by atoms with van der Waals surface area (Å²) in [4.78, 5) is 29.1. The van der Waals surface area contributed by atoms with E-state index in [1.807, 2.05) is 6.07 Å². The molecule has 0 bridgehead atoms. The first-order valence-electron chi connectivity index (χ1n) is 5.50. The molecule has 8 nitrogen and oxygen atoms in total. The molecule has 0 unspecified atom stereocenters. The minimum Gasteiger partial charge on any atom is -0.477 e. The number of aromatic carboxylic acids is 1. The number of nitrogens with one attached hydrogen (secondary N) is 3. The van der Waals surface area contributed by atoms with Gasteiger partial charge in [-0.1, -0.05) is 0 Å². The van der Waals surface area contributed by atoms with Crippen molar-refractivity contribution in [3.63, 3.8) is 0 Å². The number of anilines is 1. The monoisotopic (exact) mass is 258 g/mol. The van der Waals surface area contributed by atoms with Crippen LogP contribution in [0.3, 0.4) is 0 Å². The fraction of sp³-hybridized carbons (Fsp3) is 0.0909. The van der Waals surface area contributed by atoms with Crippen molar-refractivity contribution < 1.29 is 9.90 Å². The van der Waals surface area contributed by atoms with E-state index in [0.717, 1.165) is 0 Å². The first-order valence-corrected chi connectivity index (χ1v) is 5.50. The molecule has 3 aromatic heterocycles. The number of nitrogens with zero attached hydrogens (tertiary/aromatic N) is 3. The Bertz CT molecular complexity index is 759. The van der Waals surface area contributed by atoms with Crippen LogP contribution in [0.5, 0.6) is 0 Å². The van der Waals surface area contributed by atoms with Gasteiger partial charge < -0.3 is 20.4 Å². The zero-order valence-electron chi connectivity index (χ0n) is 9.93. The molecule has 8 heteroatoms. The number of carboxylic acids is 1. The van der Waals surface area contributed by atoms with Crippen molar-refractivity contribution in [1.82, 2.24) is 24.9 Å². The summed E-state index contributed by atoms with van der Waals surface area (Å²) in [7, 11) is 1.76. The Morgan fingerprint density at radius 2 is 2.21 bits per heavy atom. The summed E-state index contributed by atoms with van der Waals surface area (Å²) in [6.07, 6.45) is 1.32. The topological polar surface area (TPSA) is 120 Å². The van der Waals surface area contributed by atoms with Gasteiger partial charge in [-0.05, 0) is 12.1 Å². The Labute approximate surface area is 106 Å². The van der Waals surface area contributed by atoms with Crippen molar-refractivity contribution in [2.24, 2.45) is 0 Å². The lowest BCUT2D eigenvalue weighted by molar-refractivity contribution is 0.0692. The van der Waals surface area contributed by atoms with E-state index < -0.39 is 5.97 Å². The maximum atomic E-state index is 11.0. The molecular weight excluding hydrogens is 248 g/mol. The number of hydrogen-bond donors (Lipinski definition) is 4. The minimum absolute atomic E-state index is 0.00658. The number of carbonyl (C=O) groups is 1. The summed E-state index contributed by atoms with van der Waals surface area (Å²) < 4.78 is 0. The molecule has 0 spiro atoms. The SMILES string of the molecule is CNc1ccc2[nH]c(-c3nc[nH]c3C(=O)O)nc2n1. The van der Waals surface area contributed by atoms with E-state index in [1.165, 1.54) is 6.33 Å². The molecule has 0 atom stereocenters. The largest absolute Gasteiger partial charge is 0.477 e. The second kappa shape index (κ2) is 4.09. The highest BCUT2D eigenvalue weighted by atomic mass is 16.4. The molecular formula is C11H10N6O2. The standard InChI is InChI=1S/C11H10N6O2/c1-12-6-3-2-5-9(16-6)17-10(15-5)7-8(11(18)19)14-4-13-7/h2-4H,1H3,(H,13,14)(H,18,19)(H2,12,15,16,17). The Balaban J connectivity index is 2.15. The molecule has 96 valence electrons. The number of carboxylic acid groups (broad SMARTS) is 1. The van der Waals surface area contributed by atoms with E-state index in [0.29, 0.717) is 22.8 Å². The lowest BCUT2D eigenvalue weighted by Crippen LogP contribution is -1.99. The average Bonchev–Trinajstić information content (AvgIpc) is 3.03. The molecule has 19 heavy (non-hydrogen) atoms. The molecule has 0 fully saturated rings. The second-order valence-electron chi connectivity index (χ2n) is 3.83. The maximum absolute atomic E-state index is 11.0. The van der Waals surface area contributed by atoms with Crippen LogP contribution in [0.25, 0.3) is 22.7 Å². The van der Waals surface area contributed by atoms with Gasteiger partial charge in [0.1, 0.15) is 11.5 Å². The number of hydrogen-bond acceptors (Lipinski definition) is 5. The summed E-state index contributed by atoms with van der Waals surface area (Å²) in [5, 5.41) is 11.9. The number of pyridine rings is 1. The van der Waals surface area contributed by atoms with Crippen LogP contribution < -0.4 is 5.32 Å². The highest BCUT2D eigenvalue weighted by Crippen LogP contribution is 2.21. The number of H-pyrrole nitrogens is 2. The molecule has 3 rings (SSSR count). The van der Waals surface area contributed by atoms with Gasteiger partial charge in [-0.2, -0.15) is 0 Å². The van der Waals surface area contributed by atoms with Crippen LogP contribution in [0.2, 0.25) is 0 Å². The van der Waals surface area contributed by atoms with Gasteiger partial charge >= 0.3 is 5.97 Å². The molecule has 0 aliphatic rings. The fourth-order valence-electron chi connectivity index (χ4n) is 1.78. The number of imidazole rings is 2. The second-order valence-corrected chi connectivity index (χ2v) is 3.83. The van der Waals surface area contributed by atoms with Crippen LogP contribution in [0, 0.1) is 0 Å². The molecule has 3 aromatic rings. The Morgan fingerprint density at radius 1 is 1.37 bits per heavy atom. The molecule has 0 aliphatic carbocycles. The molecule has 4 N–H and O–H groups in total. The maximum Gasteiger partial charge on any atom is 0.354 e. The Morgan fingerprint density at radius 3 is 2.95 bits per heavy atom. The van der Waals surface area contributed by atoms with Crippen molar-refractivity contribution >= 4 is 23.0 Å². The van der Waals surface area contributed by atoms with Crippen molar-refractivity contribution in [2.45, 2.75) is 0 Å². The van der Waals surface area contributed by atoms with Crippen LogP contribution >= 0.6 is 0 Å². The highest BCUT2D eigenvalue weighted by molar-refractivity contribution is 5.92. The third-order valence-corrected chi connectivity index (χ3v) is 2.68. The summed E-state index contributed by atoms with van der Waals surface area (Å²) in [6.45, 7) is 0. The molecule has 0 saturated heterocycles. The number of rotatable bonds is 3. The van der Waals surface area contributed by atoms with E-state index in [9.17, 15) is 4.79 Å². The van der Waals surface area contributed by atoms with E-state index in [2.05, 4.69) is 30.2 Å². The Kier molecular flexibility index (Phi) is 2.41. The van der Waals surface area contributed by atoms with Gasteiger partial charge in [0.2, 0.25) is 0 Å². The highest BCUT2D eigenvalue weighted by Gasteiger charge is 2.18. The summed E-state index contributed by atoms with van der Waals surface area (Å²) in [5.74, 6) is -0.0303. The molecule has 0 aromatic carbocycles. The fourth-order valence-corrected chi connectivity index (χ4v) is 1.78. The zero-order chi connectivity index (χ0) is 13.4. The van der Waals surface area contributed by atoms with E-state index in [1.54, 1.807) is 13.1 Å². The lowest BCUT2D eigenvalue weighted by atomic mass is 10.3. The van der Waals surface area contributed by atoms with Crippen molar-refractivity contribution in [2.75, 3.05) is 12.4 Å². The van der Waals surface area contributed by atoms with Crippen molar-refractivity contribution in [1.29, 1.82) is 0 Å². The molecule has 3 heterocycles. The lowest BCUT2D eigenvalue weighted by Gasteiger charge is -1.95. The van der Waals surface area contributed by atoms with Crippen LogP contribution in [-0.4, -0.2) is 43.0 Å². The first kappa shape index (κ1) is 11.2. The smallest absolute Gasteiger partial charge is 0.354 e. The molecule has 0 saturated carbocycles. The number of aromatic nitrogens is 5. The molecule has 0 aliphatic heterocycles. The van der Waals surface area contributed by atoms with Gasteiger partial charge in [0.05, 0.1) is 11.8 Å². The zero-order valence-corrected chi connectivity index (χ0v) is 9.93. The molecule has 0 amide bonds. The summed E-state index contributed by atoms with van der Waals surface area (Å²) in [6, 6.07) is 3.62. The van der Waals surface area contributed by atoms with Crippen LogP contribution in [0.1, 0.15) is 10.5 Å². The number of fused-ring (bicyclic) bond motifs is 1. The molecule has 0 radical (unpaired) electrons. The summed E-state index contributed by atoms with van der Waals surface area (Å²) in [5.41, 5.74) is 1.47. The van der Waals surface area contributed by atoms with Crippen LogP contribution in [0.4, 0.5) is 5.82 Å². The van der Waals surface area contributed by atoms with Gasteiger partial charge in [-0.15, -0.1) is 0 Å². The van der Waals surface area contributed by atoms with Crippen molar-refractivity contribution in [3.05, 3.63) is 24.2 Å². The third-order valence-electron chi connectivity index (χ3n) is 2.68. The minimum atomic E-state index is -1.09. The third kappa shape index (κ3) is 1.79. The van der Waals surface area contributed by atoms with Crippen LogP contribution in [0.15, 0.2) is 18.5 Å². The van der Waals surface area contributed by atoms with E-state index in [-0.39, 0.29) is 11.4 Å². The van der Waals surface area contributed by atoms with Gasteiger partial charge in [0.25, 0.3) is 0 Å². The average molecular weight is 258 g/mol. The van der Waals surface area contributed by atoms with E-state index in [4.69, 9.17) is 5.11 Å². The van der Waals surface area contributed by atoms with Gasteiger partial charge in [-0.25, -0.2) is 19.7 Å². The predicted molar refractivity (Wildman–Crippen MR) is 68.0 cm³/mol. The summed E-state index contributed by atoms with van der Waals surface area (Å²) >= 11 is 0. The van der Waals surface area contributed by atoms with E-state index >= 15 is 0 Å². The van der Waals surface area contributed by atoms with Gasteiger partial charge in [0.15, 0.2) is 17.2 Å². The van der Waals surface area contributed by atoms with Crippen LogP contribution in [-0.2, 0) is 0 Å². The Hall–Kier alpha value is -2.90.